The molecule has 2 aliphatic rings. The molecule has 3 unspecified atom stereocenters. The molecule has 1 aliphatic heterocycles. The predicted molar refractivity (Wildman–Crippen MR) is 75.3 cm³/mol. The van der Waals surface area contributed by atoms with Crippen molar-refractivity contribution in [2.24, 2.45) is 17.7 Å². The number of aliphatic hydroxyl groups excluding tert-OH is 1. The van der Waals surface area contributed by atoms with E-state index in [1.165, 1.54) is 0 Å². The number of nitro benzene ring substituents is 1. The molecule has 3 atom stereocenters. The number of hydrazine groups is 1. The Morgan fingerprint density at radius 1 is 1.40 bits per heavy atom. The lowest BCUT2D eigenvalue weighted by atomic mass is 10.00. The largest absolute Gasteiger partial charge is 0.393 e. The first kappa shape index (κ1) is 13.1. The van der Waals surface area contributed by atoms with E-state index in [1.807, 2.05) is 4.90 Å². The normalized spacial score (nSPS) is 28.5. The summed E-state index contributed by atoms with van der Waals surface area (Å²) >= 11 is 0. The first-order chi connectivity index (χ1) is 9.61. The number of anilines is 2. The van der Waals surface area contributed by atoms with Gasteiger partial charge in [-0.1, -0.05) is 6.07 Å². The number of hydrogen-bond donors (Lipinski definition) is 3. The summed E-state index contributed by atoms with van der Waals surface area (Å²) in [6, 6.07) is 5.09. The number of nitrogens with zero attached hydrogens (tertiary/aromatic N) is 2. The van der Waals surface area contributed by atoms with E-state index in [9.17, 15) is 15.2 Å². The number of aliphatic hydroxyl groups is 1. The van der Waals surface area contributed by atoms with Gasteiger partial charge < -0.3 is 15.4 Å². The van der Waals surface area contributed by atoms with E-state index in [2.05, 4.69) is 5.43 Å². The topological polar surface area (TPSA) is 105 Å². The fourth-order valence-electron chi connectivity index (χ4n) is 3.53. The van der Waals surface area contributed by atoms with Gasteiger partial charge >= 0.3 is 5.69 Å². The molecule has 0 amide bonds. The summed E-state index contributed by atoms with van der Waals surface area (Å²) in [5, 5.41) is 21.3. The van der Waals surface area contributed by atoms with Crippen molar-refractivity contribution in [2.75, 3.05) is 23.4 Å². The van der Waals surface area contributed by atoms with Crippen molar-refractivity contribution < 1.29 is 10.0 Å². The van der Waals surface area contributed by atoms with Crippen LogP contribution < -0.4 is 16.2 Å². The van der Waals surface area contributed by atoms with Crippen molar-refractivity contribution in [3.8, 4) is 0 Å². The van der Waals surface area contributed by atoms with Gasteiger partial charge in [0, 0.05) is 19.0 Å². The number of rotatable bonds is 3. The van der Waals surface area contributed by atoms with Gasteiger partial charge in [-0.15, -0.1) is 0 Å². The van der Waals surface area contributed by atoms with Crippen LogP contribution in [-0.2, 0) is 0 Å². The Kier molecular flexibility index (Phi) is 3.23. The summed E-state index contributed by atoms with van der Waals surface area (Å²) in [6.45, 7) is 1.43. The van der Waals surface area contributed by atoms with Crippen LogP contribution in [0.15, 0.2) is 18.2 Å². The van der Waals surface area contributed by atoms with Gasteiger partial charge in [-0.3, -0.25) is 16.0 Å². The number of para-hydroxylation sites is 1. The van der Waals surface area contributed by atoms with Crippen LogP contribution >= 0.6 is 0 Å². The maximum atomic E-state index is 11.3. The van der Waals surface area contributed by atoms with Gasteiger partial charge in [0.2, 0.25) is 0 Å². The molecular weight excluding hydrogens is 260 g/mol. The Bertz CT molecular complexity index is 536. The van der Waals surface area contributed by atoms with Crippen LogP contribution in [0, 0.1) is 22.0 Å². The number of nitrogens with one attached hydrogen (secondary N) is 1. The van der Waals surface area contributed by atoms with E-state index in [1.54, 1.807) is 18.2 Å². The van der Waals surface area contributed by atoms with Crippen LogP contribution in [0.4, 0.5) is 17.1 Å². The maximum absolute atomic E-state index is 11.3. The summed E-state index contributed by atoms with van der Waals surface area (Å²) in [7, 11) is 0. The molecule has 7 nitrogen and oxygen atoms in total. The molecule has 1 aliphatic carbocycles. The minimum atomic E-state index is -0.408. The second-order valence-electron chi connectivity index (χ2n) is 5.55. The van der Waals surface area contributed by atoms with Gasteiger partial charge in [0.1, 0.15) is 11.4 Å². The minimum Gasteiger partial charge on any atom is -0.393 e. The molecule has 0 spiro atoms. The van der Waals surface area contributed by atoms with Crippen LogP contribution in [-0.4, -0.2) is 29.2 Å². The van der Waals surface area contributed by atoms with Gasteiger partial charge in [-0.25, -0.2) is 0 Å². The van der Waals surface area contributed by atoms with Crippen LogP contribution in [0.2, 0.25) is 0 Å². The quantitative estimate of drug-likeness (QED) is 0.434. The maximum Gasteiger partial charge on any atom is 0.316 e. The Labute approximate surface area is 116 Å². The van der Waals surface area contributed by atoms with Gasteiger partial charge in [0.15, 0.2) is 0 Å². The molecule has 4 N–H and O–H groups in total. The van der Waals surface area contributed by atoms with E-state index < -0.39 is 4.92 Å². The molecule has 1 saturated heterocycles. The lowest BCUT2D eigenvalue weighted by molar-refractivity contribution is -0.383. The minimum absolute atomic E-state index is 0.00413. The first-order valence-corrected chi connectivity index (χ1v) is 6.79. The predicted octanol–water partition coefficient (Wildman–Crippen LogP) is 1.09. The Morgan fingerprint density at radius 2 is 2.20 bits per heavy atom. The number of nitrogen functional groups attached to an aromatic ring is 1. The standard InChI is InChI=1S/C13H18N4O3/c14-15-10-2-1-3-11(13(10)17(19)20)16-6-8-4-5-12(18)9(8)7-16/h1-3,8-9,12,15,18H,4-7,14H2. The zero-order valence-electron chi connectivity index (χ0n) is 11.0. The molecule has 108 valence electrons. The fraction of sp³-hybridized carbons (Fsp3) is 0.538. The van der Waals surface area contributed by atoms with Gasteiger partial charge in [-0.2, -0.15) is 0 Å². The molecule has 3 rings (SSSR count). The molecule has 1 aromatic rings. The van der Waals surface area contributed by atoms with Crippen molar-refractivity contribution in [1.29, 1.82) is 0 Å². The zero-order chi connectivity index (χ0) is 14.3. The summed E-state index contributed by atoms with van der Waals surface area (Å²) in [5.41, 5.74) is 3.27. The summed E-state index contributed by atoms with van der Waals surface area (Å²) in [5.74, 6) is 6.01. The van der Waals surface area contributed by atoms with E-state index in [4.69, 9.17) is 5.84 Å². The molecule has 2 fully saturated rings. The number of benzene rings is 1. The van der Waals surface area contributed by atoms with Crippen LogP contribution in [0.3, 0.4) is 0 Å². The van der Waals surface area contributed by atoms with E-state index in [0.29, 0.717) is 23.8 Å². The zero-order valence-corrected chi connectivity index (χ0v) is 11.0. The van der Waals surface area contributed by atoms with E-state index in [-0.39, 0.29) is 17.7 Å². The first-order valence-electron chi connectivity index (χ1n) is 6.79. The molecule has 1 saturated carbocycles. The molecule has 0 aromatic heterocycles. The SMILES string of the molecule is NNc1cccc(N2CC3CCC(O)C3C2)c1[N+](=O)[O-]. The van der Waals surface area contributed by atoms with Gasteiger partial charge in [-0.05, 0) is 30.9 Å². The second-order valence-corrected chi connectivity index (χ2v) is 5.55. The number of nitrogens with two attached hydrogens (primary N) is 1. The molecule has 20 heavy (non-hydrogen) atoms. The summed E-state index contributed by atoms with van der Waals surface area (Å²) in [4.78, 5) is 12.9. The van der Waals surface area contributed by atoms with E-state index in [0.717, 1.165) is 19.4 Å². The summed E-state index contributed by atoms with van der Waals surface area (Å²) < 4.78 is 0. The molecule has 0 bridgehead atoms. The highest BCUT2D eigenvalue weighted by atomic mass is 16.6. The number of hydrogen-bond acceptors (Lipinski definition) is 6. The van der Waals surface area contributed by atoms with Gasteiger partial charge in [0.25, 0.3) is 0 Å². The summed E-state index contributed by atoms with van der Waals surface area (Å²) in [6.07, 6.45) is 1.56. The second kappa shape index (κ2) is 4.92. The lowest BCUT2D eigenvalue weighted by Crippen LogP contribution is -2.25. The highest BCUT2D eigenvalue weighted by molar-refractivity contribution is 5.77. The molecule has 1 aromatic carbocycles. The van der Waals surface area contributed by atoms with Crippen molar-refractivity contribution in [1.82, 2.24) is 0 Å². The molecule has 7 heteroatoms. The van der Waals surface area contributed by atoms with Crippen molar-refractivity contribution in [3.63, 3.8) is 0 Å². The average molecular weight is 278 g/mol. The van der Waals surface area contributed by atoms with Crippen molar-refractivity contribution >= 4 is 17.1 Å². The molecular formula is C13H18N4O3. The Balaban J connectivity index is 1.93. The average Bonchev–Trinajstić information content (AvgIpc) is 3.00. The fourth-order valence-corrected chi connectivity index (χ4v) is 3.53. The molecule has 1 heterocycles. The lowest BCUT2D eigenvalue weighted by Gasteiger charge is -2.21. The highest BCUT2D eigenvalue weighted by Crippen LogP contribution is 2.43. The third-order valence-corrected chi connectivity index (χ3v) is 4.51. The van der Waals surface area contributed by atoms with Crippen molar-refractivity contribution in [3.05, 3.63) is 28.3 Å². The smallest absolute Gasteiger partial charge is 0.316 e. The van der Waals surface area contributed by atoms with Crippen molar-refractivity contribution in [2.45, 2.75) is 18.9 Å². The molecule has 0 radical (unpaired) electrons. The third kappa shape index (κ3) is 1.99. The van der Waals surface area contributed by atoms with Gasteiger partial charge in [0.05, 0.1) is 11.0 Å². The highest BCUT2D eigenvalue weighted by Gasteiger charge is 2.43. The monoisotopic (exact) mass is 278 g/mol. The number of nitro groups is 1. The number of fused-ring (bicyclic) bond motifs is 1. The Hall–Kier alpha value is -1.86. The Morgan fingerprint density at radius 3 is 2.85 bits per heavy atom. The van der Waals surface area contributed by atoms with Crippen LogP contribution in [0.1, 0.15) is 12.8 Å². The van der Waals surface area contributed by atoms with E-state index >= 15 is 0 Å². The van der Waals surface area contributed by atoms with Crippen LogP contribution in [0.5, 0.6) is 0 Å². The third-order valence-electron chi connectivity index (χ3n) is 4.51. The van der Waals surface area contributed by atoms with Crippen LogP contribution in [0.25, 0.3) is 0 Å².